The minimum absolute atomic E-state index is 0.0483. The van der Waals surface area contributed by atoms with Gasteiger partial charge < -0.3 is 14.9 Å². The summed E-state index contributed by atoms with van der Waals surface area (Å²) in [6.07, 6.45) is -0.0483. The molecule has 1 N–H and O–H groups in total. The lowest BCUT2D eigenvalue weighted by molar-refractivity contribution is -0.139. The molecule has 0 aliphatic carbocycles. The molecule has 1 unspecified atom stereocenters. The van der Waals surface area contributed by atoms with Crippen molar-refractivity contribution in [3.63, 3.8) is 0 Å². The summed E-state index contributed by atoms with van der Waals surface area (Å²) in [6.45, 7) is 5.07. The molecule has 6 nitrogen and oxygen atoms in total. The van der Waals surface area contributed by atoms with Crippen LogP contribution >= 0.6 is 0 Å². The van der Waals surface area contributed by atoms with E-state index in [4.69, 9.17) is 5.11 Å². The zero-order chi connectivity index (χ0) is 17.7. The van der Waals surface area contributed by atoms with Gasteiger partial charge in [-0.3, -0.25) is 14.5 Å². The smallest absolute Gasteiger partial charge is 0.305 e. The molecule has 1 aromatic carbocycles. The predicted octanol–water partition coefficient (Wildman–Crippen LogP) is 1.27. The number of carboxylic acid groups (broad SMARTS) is 1. The van der Waals surface area contributed by atoms with E-state index in [1.807, 2.05) is 6.92 Å². The van der Waals surface area contributed by atoms with Gasteiger partial charge in [0.25, 0.3) is 0 Å². The fourth-order valence-electron chi connectivity index (χ4n) is 2.87. The second-order valence-electron chi connectivity index (χ2n) is 6.08. The van der Waals surface area contributed by atoms with E-state index in [2.05, 4.69) is 9.80 Å². The molecule has 1 amide bonds. The van der Waals surface area contributed by atoms with Crippen LogP contribution in [-0.4, -0.2) is 72.6 Å². The third kappa shape index (κ3) is 4.67. The van der Waals surface area contributed by atoms with Crippen LogP contribution in [0.1, 0.15) is 13.3 Å². The van der Waals surface area contributed by atoms with Crippen molar-refractivity contribution in [2.24, 2.45) is 0 Å². The van der Waals surface area contributed by atoms with Gasteiger partial charge in [-0.2, -0.15) is 0 Å². The maximum absolute atomic E-state index is 13.0. The number of carboxylic acids is 1. The number of anilines is 1. The standard InChI is InChI=1S/C17H24FN3O3/c1-13(17(24)19(2)8-7-16(22)23)20-9-11-21(12-10-20)15-5-3-14(18)4-6-15/h3-6,13H,7-12H2,1-2H3,(H,22,23). The number of aliphatic carboxylic acids is 1. The van der Waals surface area contributed by atoms with Gasteiger partial charge in [0, 0.05) is 45.5 Å². The predicted molar refractivity (Wildman–Crippen MR) is 89.5 cm³/mol. The van der Waals surface area contributed by atoms with Crippen molar-refractivity contribution in [1.29, 1.82) is 0 Å². The number of piperazine rings is 1. The molecule has 1 saturated heterocycles. The lowest BCUT2D eigenvalue weighted by atomic mass is 10.2. The number of hydrogen-bond acceptors (Lipinski definition) is 4. The van der Waals surface area contributed by atoms with E-state index in [0.29, 0.717) is 0 Å². The third-order valence-corrected chi connectivity index (χ3v) is 4.45. The Morgan fingerprint density at radius 1 is 1.21 bits per heavy atom. The molecule has 0 spiro atoms. The van der Waals surface area contributed by atoms with Crippen LogP contribution in [0.4, 0.5) is 10.1 Å². The topological polar surface area (TPSA) is 64.1 Å². The van der Waals surface area contributed by atoms with E-state index in [1.165, 1.54) is 17.0 Å². The van der Waals surface area contributed by atoms with Crippen molar-refractivity contribution in [3.05, 3.63) is 30.1 Å². The number of benzene rings is 1. The van der Waals surface area contributed by atoms with Gasteiger partial charge in [0.2, 0.25) is 5.91 Å². The molecule has 1 atom stereocenters. The first kappa shape index (κ1) is 18.2. The Labute approximate surface area is 141 Å². The number of hydrogen-bond donors (Lipinski definition) is 1. The molecule has 7 heteroatoms. The third-order valence-electron chi connectivity index (χ3n) is 4.45. The first-order valence-electron chi connectivity index (χ1n) is 8.10. The van der Waals surface area contributed by atoms with Crippen LogP contribution < -0.4 is 4.90 Å². The SMILES string of the molecule is CC(C(=O)N(C)CCC(=O)O)N1CCN(c2ccc(F)cc2)CC1. The Morgan fingerprint density at radius 3 is 2.33 bits per heavy atom. The van der Waals surface area contributed by atoms with E-state index in [1.54, 1.807) is 19.2 Å². The van der Waals surface area contributed by atoms with E-state index in [9.17, 15) is 14.0 Å². The molecule has 0 aromatic heterocycles. The summed E-state index contributed by atoms with van der Waals surface area (Å²) in [5, 5.41) is 8.71. The lowest BCUT2D eigenvalue weighted by Gasteiger charge is -2.39. The second kappa shape index (κ2) is 8.10. The molecule has 1 aromatic rings. The minimum atomic E-state index is -0.907. The highest BCUT2D eigenvalue weighted by Gasteiger charge is 2.27. The average Bonchev–Trinajstić information content (AvgIpc) is 2.59. The van der Waals surface area contributed by atoms with E-state index >= 15 is 0 Å². The van der Waals surface area contributed by atoms with Crippen LogP contribution in [0.5, 0.6) is 0 Å². The Kier molecular flexibility index (Phi) is 6.14. The molecule has 0 bridgehead atoms. The van der Waals surface area contributed by atoms with Gasteiger partial charge in [-0.15, -0.1) is 0 Å². The molecule has 1 aliphatic heterocycles. The van der Waals surface area contributed by atoms with E-state index in [0.717, 1.165) is 31.9 Å². The van der Waals surface area contributed by atoms with E-state index < -0.39 is 5.97 Å². The van der Waals surface area contributed by atoms with Gasteiger partial charge in [0.1, 0.15) is 5.82 Å². The number of carbonyl (C=O) groups is 2. The number of likely N-dealkylation sites (N-methyl/N-ethyl adjacent to an activating group) is 1. The van der Waals surface area contributed by atoms with Crippen molar-refractivity contribution >= 4 is 17.6 Å². The van der Waals surface area contributed by atoms with Crippen LogP contribution in [0.15, 0.2) is 24.3 Å². The quantitative estimate of drug-likeness (QED) is 0.847. The average molecular weight is 337 g/mol. The minimum Gasteiger partial charge on any atom is -0.481 e. The Morgan fingerprint density at radius 2 is 1.79 bits per heavy atom. The zero-order valence-electron chi connectivity index (χ0n) is 14.1. The maximum atomic E-state index is 13.0. The largest absolute Gasteiger partial charge is 0.481 e. The van der Waals surface area contributed by atoms with Gasteiger partial charge in [0.15, 0.2) is 0 Å². The highest BCUT2D eigenvalue weighted by atomic mass is 19.1. The number of nitrogens with zero attached hydrogens (tertiary/aromatic N) is 3. The Balaban J connectivity index is 1.85. The van der Waals surface area contributed by atoms with Crippen molar-refractivity contribution in [3.8, 4) is 0 Å². The second-order valence-corrected chi connectivity index (χ2v) is 6.08. The number of halogens is 1. The van der Waals surface area contributed by atoms with Crippen molar-refractivity contribution < 1.29 is 19.1 Å². The molecule has 132 valence electrons. The van der Waals surface area contributed by atoms with Crippen LogP contribution in [0.2, 0.25) is 0 Å². The molecule has 0 saturated carbocycles. The Bertz CT molecular complexity index is 571. The molecule has 1 aliphatic rings. The summed E-state index contributed by atoms with van der Waals surface area (Å²) in [5.41, 5.74) is 0.980. The normalized spacial score (nSPS) is 16.7. The summed E-state index contributed by atoms with van der Waals surface area (Å²) >= 11 is 0. The van der Waals surface area contributed by atoms with E-state index in [-0.39, 0.29) is 30.7 Å². The molecule has 1 fully saturated rings. The first-order chi connectivity index (χ1) is 11.4. The van der Waals surface area contributed by atoms with Crippen molar-refractivity contribution in [2.45, 2.75) is 19.4 Å². The molecule has 1 heterocycles. The molecular formula is C17H24FN3O3. The molecule has 0 radical (unpaired) electrons. The van der Waals surface area contributed by atoms with Crippen LogP contribution in [0.3, 0.4) is 0 Å². The summed E-state index contributed by atoms with van der Waals surface area (Å²) < 4.78 is 13.0. The Hall–Kier alpha value is -2.15. The van der Waals surface area contributed by atoms with Gasteiger partial charge in [-0.1, -0.05) is 0 Å². The zero-order valence-corrected chi connectivity index (χ0v) is 14.1. The maximum Gasteiger partial charge on any atom is 0.305 e. The van der Waals surface area contributed by atoms with Crippen molar-refractivity contribution in [1.82, 2.24) is 9.80 Å². The summed E-state index contributed by atoms with van der Waals surface area (Å²) in [4.78, 5) is 28.7. The van der Waals surface area contributed by atoms with Crippen LogP contribution in [0.25, 0.3) is 0 Å². The highest BCUT2D eigenvalue weighted by Crippen LogP contribution is 2.18. The number of rotatable bonds is 6. The van der Waals surface area contributed by atoms with Crippen LogP contribution in [-0.2, 0) is 9.59 Å². The first-order valence-corrected chi connectivity index (χ1v) is 8.10. The van der Waals surface area contributed by atoms with Crippen molar-refractivity contribution in [2.75, 3.05) is 44.7 Å². The van der Waals surface area contributed by atoms with Gasteiger partial charge in [-0.05, 0) is 31.2 Å². The monoisotopic (exact) mass is 337 g/mol. The fourth-order valence-corrected chi connectivity index (χ4v) is 2.87. The summed E-state index contributed by atoms with van der Waals surface area (Å²) in [7, 11) is 1.64. The van der Waals surface area contributed by atoms with Gasteiger partial charge in [-0.25, -0.2) is 4.39 Å². The summed E-state index contributed by atoms with van der Waals surface area (Å²) in [5.74, 6) is -1.22. The van der Waals surface area contributed by atoms with Gasteiger partial charge in [0.05, 0.1) is 12.5 Å². The lowest BCUT2D eigenvalue weighted by Crippen LogP contribution is -2.54. The number of carbonyl (C=O) groups excluding carboxylic acids is 1. The fraction of sp³-hybridized carbons (Fsp3) is 0.529. The summed E-state index contributed by atoms with van der Waals surface area (Å²) in [6, 6.07) is 6.15. The highest BCUT2D eigenvalue weighted by molar-refractivity contribution is 5.81. The van der Waals surface area contributed by atoms with Crippen LogP contribution in [0, 0.1) is 5.82 Å². The molecular weight excluding hydrogens is 313 g/mol. The molecule has 24 heavy (non-hydrogen) atoms. The molecule has 2 rings (SSSR count). The number of amides is 1. The van der Waals surface area contributed by atoms with Gasteiger partial charge >= 0.3 is 5.97 Å².